The average Bonchev–Trinajstić information content (AvgIpc) is 3.22. The van der Waals surface area contributed by atoms with Gasteiger partial charge in [-0.3, -0.25) is 4.57 Å². The van der Waals surface area contributed by atoms with Crippen molar-refractivity contribution in [3.63, 3.8) is 0 Å². The van der Waals surface area contributed by atoms with Crippen molar-refractivity contribution in [2.24, 2.45) is 0 Å². The van der Waals surface area contributed by atoms with Crippen LogP contribution in [0.5, 0.6) is 0 Å². The Kier molecular flexibility index (Phi) is 6.29. The van der Waals surface area contributed by atoms with Crippen LogP contribution in [-0.4, -0.2) is 84.3 Å². The lowest BCUT2D eigenvalue weighted by atomic mass is 10.1. The highest BCUT2D eigenvalue weighted by Gasteiger charge is 2.44. The molecule has 0 saturated carbocycles. The summed E-state index contributed by atoms with van der Waals surface area (Å²) in [5.74, 6) is 0.511. The zero-order chi connectivity index (χ0) is 19.6. The largest absolute Gasteiger partial charge is 0.394 e. The van der Waals surface area contributed by atoms with Crippen LogP contribution in [0, 0.1) is 0 Å². The summed E-state index contributed by atoms with van der Waals surface area (Å²) in [7, 11) is 0. The van der Waals surface area contributed by atoms with Crippen LogP contribution in [0.15, 0.2) is 23.1 Å². The third-order valence-corrected chi connectivity index (χ3v) is 4.89. The lowest BCUT2D eigenvalue weighted by Gasteiger charge is -2.17. The fourth-order valence-electron chi connectivity index (χ4n) is 2.79. The molecule has 2 aromatic rings. The number of aliphatic hydroxyl groups is 4. The Bertz CT molecular complexity index is 829. The number of aromatic nitrogens is 4. The average molecular weight is 397 g/mol. The fourth-order valence-corrected chi connectivity index (χ4v) is 3.15. The zero-order valence-electron chi connectivity index (χ0n) is 15.0. The first-order chi connectivity index (χ1) is 13.0. The molecule has 3 heterocycles. The van der Waals surface area contributed by atoms with E-state index in [0.29, 0.717) is 28.7 Å². The topological polar surface area (TPSA) is 146 Å². The monoisotopic (exact) mass is 397 g/mol. The minimum Gasteiger partial charge on any atom is -0.394 e. The van der Waals surface area contributed by atoms with Gasteiger partial charge in [-0.05, 0) is 13.2 Å². The molecule has 5 N–H and O–H groups in total. The SMILES string of the molecule is CSc1nc(NC/C=C(/C)CO)c2ncn([C@@H]3OC(CO)[C@H](O)[C@@H]3O)c2n1. The molecule has 0 radical (unpaired) electrons. The van der Waals surface area contributed by atoms with Gasteiger partial charge in [0.05, 0.1) is 19.5 Å². The Hall–Kier alpha value is -1.76. The number of fused-ring (bicyclic) bond motifs is 1. The number of rotatable bonds is 7. The summed E-state index contributed by atoms with van der Waals surface area (Å²) in [6, 6.07) is 0. The van der Waals surface area contributed by atoms with Crippen molar-refractivity contribution in [2.75, 3.05) is 31.3 Å². The van der Waals surface area contributed by atoms with E-state index in [0.717, 1.165) is 5.57 Å². The molecule has 1 aliphatic heterocycles. The van der Waals surface area contributed by atoms with Gasteiger partial charge in [0, 0.05) is 6.54 Å². The maximum atomic E-state index is 10.3. The molecule has 148 valence electrons. The first-order valence-corrected chi connectivity index (χ1v) is 9.64. The molecule has 0 aromatic carbocycles. The van der Waals surface area contributed by atoms with E-state index in [1.165, 1.54) is 22.7 Å². The van der Waals surface area contributed by atoms with Gasteiger partial charge in [0.15, 0.2) is 28.4 Å². The maximum Gasteiger partial charge on any atom is 0.191 e. The smallest absolute Gasteiger partial charge is 0.191 e. The summed E-state index contributed by atoms with van der Waals surface area (Å²) in [4.78, 5) is 13.2. The number of aliphatic hydroxyl groups excluding tert-OH is 4. The highest BCUT2D eigenvalue weighted by Crippen LogP contribution is 2.32. The molecule has 4 atom stereocenters. The lowest BCUT2D eigenvalue weighted by Crippen LogP contribution is -2.33. The summed E-state index contributed by atoms with van der Waals surface area (Å²) in [5, 5.41) is 42.3. The molecule has 3 rings (SSSR count). The van der Waals surface area contributed by atoms with E-state index in [2.05, 4.69) is 20.3 Å². The highest BCUT2D eigenvalue weighted by molar-refractivity contribution is 7.98. The van der Waals surface area contributed by atoms with Gasteiger partial charge in [0.2, 0.25) is 0 Å². The molecule has 1 aliphatic rings. The molecule has 11 heteroatoms. The second kappa shape index (κ2) is 8.50. The predicted octanol–water partition coefficient (Wildman–Crippen LogP) is -0.490. The van der Waals surface area contributed by atoms with E-state index in [1.807, 2.05) is 19.3 Å². The molecule has 1 unspecified atom stereocenters. The molecule has 27 heavy (non-hydrogen) atoms. The van der Waals surface area contributed by atoms with Gasteiger partial charge in [-0.1, -0.05) is 23.4 Å². The normalized spacial score (nSPS) is 26.1. The maximum absolute atomic E-state index is 10.3. The van der Waals surface area contributed by atoms with Crippen LogP contribution in [-0.2, 0) is 4.74 Å². The minimum atomic E-state index is -1.22. The van der Waals surface area contributed by atoms with Gasteiger partial charge in [-0.15, -0.1) is 0 Å². The van der Waals surface area contributed by atoms with Crippen LogP contribution in [0.2, 0.25) is 0 Å². The van der Waals surface area contributed by atoms with Crippen LogP contribution in [0.25, 0.3) is 11.2 Å². The summed E-state index contributed by atoms with van der Waals surface area (Å²) < 4.78 is 7.10. The number of nitrogens with zero attached hydrogens (tertiary/aromatic N) is 4. The Morgan fingerprint density at radius 1 is 1.33 bits per heavy atom. The van der Waals surface area contributed by atoms with Crippen LogP contribution in [0.4, 0.5) is 5.82 Å². The number of ether oxygens (including phenoxy) is 1. The van der Waals surface area contributed by atoms with Crippen LogP contribution in [0.1, 0.15) is 13.2 Å². The van der Waals surface area contributed by atoms with E-state index in [4.69, 9.17) is 9.84 Å². The number of anilines is 1. The molecule has 0 spiro atoms. The van der Waals surface area contributed by atoms with Gasteiger partial charge >= 0.3 is 0 Å². The Balaban J connectivity index is 1.96. The zero-order valence-corrected chi connectivity index (χ0v) is 15.8. The molecule has 1 fully saturated rings. The number of hydrogen-bond donors (Lipinski definition) is 5. The van der Waals surface area contributed by atoms with Gasteiger partial charge < -0.3 is 30.5 Å². The van der Waals surface area contributed by atoms with Crippen molar-refractivity contribution >= 4 is 28.7 Å². The quantitative estimate of drug-likeness (QED) is 0.236. The number of imidazole rings is 1. The van der Waals surface area contributed by atoms with Crippen LogP contribution < -0.4 is 5.32 Å². The van der Waals surface area contributed by atoms with E-state index in [9.17, 15) is 15.3 Å². The second-order valence-corrected chi connectivity index (χ2v) is 6.97. The molecule has 0 amide bonds. The van der Waals surface area contributed by atoms with Gasteiger partial charge in [-0.25, -0.2) is 15.0 Å². The molecular weight excluding hydrogens is 374 g/mol. The van der Waals surface area contributed by atoms with Crippen LogP contribution in [0.3, 0.4) is 0 Å². The Morgan fingerprint density at radius 2 is 2.11 bits per heavy atom. The van der Waals surface area contributed by atoms with Gasteiger partial charge in [0.25, 0.3) is 0 Å². The van der Waals surface area contributed by atoms with Gasteiger partial charge in [0.1, 0.15) is 18.3 Å². The minimum absolute atomic E-state index is 0.0171. The van der Waals surface area contributed by atoms with Crippen molar-refractivity contribution < 1.29 is 25.2 Å². The molecule has 0 bridgehead atoms. The first-order valence-electron chi connectivity index (χ1n) is 8.41. The number of thioether (sulfide) groups is 1. The lowest BCUT2D eigenvalue weighted by molar-refractivity contribution is -0.0511. The number of hydrogen-bond acceptors (Lipinski definition) is 10. The fraction of sp³-hybridized carbons (Fsp3) is 0.562. The van der Waals surface area contributed by atoms with Crippen molar-refractivity contribution in [3.8, 4) is 0 Å². The summed E-state index contributed by atoms with van der Waals surface area (Å²) >= 11 is 1.35. The number of nitrogens with one attached hydrogen (secondary N) is 1. The van der Waals surface area contributed by atoms with Crippen molar-refractivity contribution in [1.29, 1.82) is 0 Å². The molecular formula is C16H23N5O5S. The summed E-state index contributed by atoms with van der Waals surface area (Å²) in [5.41, 5.74) is 1.75. The van der Waals surface area contributed by atoms with Crippen molar-refractivity contribution in [3.05, 3.63) is 18.0 Å². The molecule has 10 nitrogen and oxygen atoms in total. The van der Waals surface area contributed by atoms with Crippen molar-refractivity contribution in [2.45, 2.75) is 36.6 Å². The van der Waals surface area contributed by atoms with E-state index < -0.39 is 31.1 Å². The molecule has 2 aromatic heterocycles. The molecule has 1 saturated heterocycles. The second-order valence-electron chi connectivity index (χ2n) is 6.20. The first kappa shape index (κ1) is 20.0. The van der Waals surface area contributed by atoms with Gasteiger partial charge in [-0.2, -0.15) is 0 Å². The van der Waals surface area contributed by atoms with Crippen LogP contribution >= 0.6 is 11.8 Å². The molecule has 0 aliphatic carbocycles. The summed E-state index contributed by atoms with van der Waals surface area (Å²) in [6.45, 7) is 1.85. The van der Waals surface area contributed by atoms with E-state index in [-0.39, 0.29) is 6.61 Å². The Morgan fingerprint density at radius 3 is 2.74 bits per heavy atom. The Labute approximate surface area is 159 Å². The van der Waals surface area contributed by atoms with E-state index in [1.54, 1.807) is 0 Å². The van der Waals surface area contributed by atoms with Crippen molar-refractivity contribution in [1.82, 2.24) is 19.5 Å². The third-order valence-electron chi connectivity index (χ3n) is 4.34. The highest BCUT2D eigenvalue weighted by atomic mass is 32.2. The third kappa shape index (κ3) is 3.93. The summed E-state index contributed by atoms with van der Waals surface area (Å²) in [6.07, 6.45) is 0.917. The standard InChI is InChI=1S/C16H23N5O5S/c1-8(5-22)3-4-17-13-10-14(20-16(19-13)27-2)21(7-18-10)15-12(25)11(24)9(6-23)26-15/h3,7,9,11-12,15,22-25H,4-6H2,1-2H3,(H,17,19,20)/b8-3-/t9?,11-,12-,15+/m0/s1. The van der Waals surface area contributed by atoms with E-state index >= 15 is 0 Å². The predicted molar refractivity (Wildman–Crippen MR) is 99.4 cm³/mol.